The molecule has 63 heavy (non-hydrogen) atoms. The summed E-state index contributed by atoms with van der Waals surface area (Å²) in [7, 11) is 0. The monoisotopic (exact) mass is 906 g/mol. The summed E-state index contributed by atoms with van der Waals surface area (Å²) in [5.74, 6) is 4.59. The van der Waals surface area contributed by atoms with Gasteiger partial charge >= 0.3 is 109 Å². The van der Waals surface area contributed by atoms with E-state index in [1.807, 2.05) is 0 Å². The van der Waals surface area contributed by atoms with Crippen molar-refractivity contribution >= 4 is 23.6 Å². The van der Waals surface area contributed by atoms with E-state index in [0.29, 0.717) is 21.7 Å². The van der Waals surface area contributed by atoms with Gasteiger partial charge in [0, 0.05) is 13.3 Å². The molecule has 1 N–H and O–H groups in total. The van der Waals surface area contributed by atoms with Gasteiger partial charge in [0.25, 0.3) is 6.47 Å². The molecule has 0 spiro atoms. The van der Waals surface area contributed by atoms with Crippen LogP contribution in [-0.4, -0.2) is 29.8 Å². The largest absolute Gasteiger partial charge is 1.00 e. The van der Waals surface area contributed by atoms with Gasteiger partial charge in [-0.15, -0.1) is 0 Å². The van der Waals surface area contributed by atoms with Crippen LogP contribution in [0.25, 0.3) is 11.1 Å². The Kier molecular flexibility index (Phi) is 17.3. The number of ether oxygens (including phenoxy) is 1. The van der Waals surface area contributed by atoms with E-state index in [4.69, 9.17) is 14.8 Å². The maximum absolute atomic E-state index is 11.5. The number of aliphatic hydroxyl groups excluding tert-OH is 1. The van der Waals surface area contributed by atoms with Crippen molar-refractivity contribution in [1.29, 1.82) is 0 Å². The molecule has 2 aromatic carbocycles. The zero-order valence-electron chi connectivity index (χ0n) is 41.0. The van der Waals surface area contributed by atoms with Gasteiger partial charge < -0.3 is 21.4 Å². The summed E-state index contributed by atoms with van der Waals surface area (Å²) in [4.78, 5) is 22.7. The SMILES string of the molecule is CC(=O)O[C@H]1CC[C@@]2(C)C(=CC[C@@H]3[C@@H]2CC[C@]2(C)C(c4cccc(C)c4)=CC[C@@H]32)C1.Cc1cccc(C2=CC[C@H]3[C@@H]4CC=C5C[C@@H](O)CC[C@]5(C)[C@H]4CC[C@]23C)c1.O=CO[O-].[H-].[K+].[K+]. The second kappa shape index (κ2) is 21.0. The third-order valence-corrected chi connectivity index (χ3v) is 18.3. The molecule has 2 aromatic rings. The van der Waals surface area contributed by atoms with E-state index in [0.717, 1.165) is 61.2 Å². The van der Waals surface area contributed by atoms with Crippen LogP contribution in [0.1, 0.15) is 148 Å². The Morgan fingerprint density at radius 3 is 1.56 bits per heavy atom. The number of benzene rings is 2. The van der Waals surface area contributed by atoms with Gasteiger partial charge in [0.1, 0.15) is 6.10 Å². The fraction of sp³-hybridized carbons (Fsp3) is 0.600. The van der Waals surface area contributed by atoms with Crippen LogP contribution in [0.15, 0.2) is 84.0 Å². The Morgan fingerprint density at radius 1 is 0.667 bits per heavy atom. The van der Waals surface area contributed by atoms with E-state index in [2.05, 4.69) is 119 Å². The molecule has 0 amide bonds. The minimum Gasteiger partial charge on any atom is -1.00 e. The Hall–Kier alpha value is -0.467. The summed E-state index contributed by atoms with van der Waals surface area (Å²) < 4.78 is 5.59. The third-order valence-electron chi connectivity index (χ3n) is 18.3. The Balaban J connectivity index is 0.000000214. The van der Waals surface area contributed by atoms with Gasteiger partial charge in [0.2, 0.25) is 0 Å². The van der Waals surface area contributed by atoms with Gasteiger partial charge in [0.05, 0.1) is 6.10 Å². The van der Waals surface area contributed by atoms with Crippen molar-refractivity contribution in [3.05, 3.63) is 106 Å². The van der Waals surface area contributed by atoms with Crippen molar-refractivity contribution in [2.75, 3.05) is 0 Å². The first kappa shape index (κ1) is 51.9. The average molecular weight is 907 g/mol. The molecular weight excluding hydrogens is 835 g/mol. The van der Waals surface area contributed by atoms with Crippen molar-refractivity contribution in [1.82, 2.24) is 0 Å². The number of carbonyl (C=O) groups is 2. The van der Waals surface area contributed by atoms with Gasteiger partial charge in [-0.2, -0.15) is 0 Å². The fourth-order valence-electron chi connectivity index (χ4n) is 15.3. The number of fused-ring (bicyclic) bond motifs is 10. The summed E-state index contributed by atoms with van der Waals surface area (Å²) in [6.45, 7) is 15.9. The van der Waals surface area contributed by atoms with E-state index in [1.54, 1.807) is 29.2 Å². The van der Waals surface area contributed by atoms with E-state index in [1.165, 1.54) is 86.5 Å². The summed E-state index contributed by atoms with van der Waals surface area (Å²) in [6.07, 6.45) is 26.7. The smallest absolute Gasteiger partial charge is 1.00 e. The van der Waals surface area contributed by atoms with Crippen LogP contribution in [0, 0.1) is 71.0 Å². The zero-order chi connectivity index (χ0) is 43.3. The maximum Gasteiger partial charge on any atom is 1.00 e. The van der Waals surface area contributed by atoms with Crippen LogP contribution < -0.4 is 108 Å². The van der Waals surface area contributed by atoms with Crippen LogP contribution in [-0.2, 0) is 19.2 Å². The Morgan fingerprint density at radius 2 is 1.11 bits per heavy atom. The van der Waals surface area contributed by atoms with Crippen molar-refractivity contribution in [3.63, 3.8) is 0 Å². The van der Waals surface area contributed by atoms with Crippen LogP contribution in [0.4, 0.5) is 0 Å². The number of hydrogen-bond donors (Lipinski definition) is 1. The summed E-state index contributed by atoms with van der Waals surface area (Å²) in [5, 5.41) is 18.6. The fourth-order valence-corrected chi connectivity index (χ4v) is 15.3. The number of hydrogen-bond acceptors (Lipinski definition) is 6. The first-order chi connectivity index (χ1) is 29.1. The molecule has 0 bridgehead atoms. The molecule has 0 saturated heterocycles. The maximum atomic E-state index is 11.5. The molecule has 0 heterocycles. The van der Waals surface area contributed by atoms with Crippen molar-refractivity contribution in [3.8, 4) is 0 Å². The number of carbonyl (C=O) groups excluding carboxylic acids is 2. The molecule has 8 aliphatic rings. The minimum atomic E-state index is -0.181. The minimum absolute atomic E-state index is 0. The number of esters is 1. The number of rotatable bonds is 4. The second-order valence-corrected chi connectivity index (χ2v) is 21.4. The molecule has 0 aromatic heterocycles. The molecule has 330 valence electrons. The number of allylic oxidation sites excluding steroid dienone is 6. The van der Waals surface area contributed by atoms with E-state index < -0.39 is 0 Å². The summed E-state index contributed by atoms with van der Waals surface area (Å²) in [6, 6.07) is 18.2. The standard InChI is InChI=1S/C28H36O2.C26H34O.CH2O3.2K.H/c1-18-6-5-7-20(16-18)24-10-11-25-23-9-8-21-17-22(30-19(2)29)12-14-27(21,3)26(23)13-15-28(24,25)4;1-17-5-4-6-18(15-17)22-9-10-23-21-8-7-19-16-20(27)11-13-25(19,2)24(21)12-14-26(22,23)3;2-1-4-3;;;/h5-8,10,16,22-23,25-26H,9,11-15,17H2,1-4H3;4-7,9,15,20-21,23-24,27H,8,10-14,16H2,1-3H3;1,3H;;;/q;;;2*+1;-1/p-1/t22-,23-,25-,26-,27-,28+;20-,21-,23-,24-,25-,26+;;;;/m00..../s1. The third kappa shape index (κ3) is 9.88. The normalized spacial score (nSPS) is 37.9. The van der Waals surface area contributed by atoms with E-state index in [-0.39, 0.29) is 129 Å². The number of aryl methyl sites for hydroxylation is 2. The van der Waals surface area contributed by atoms with Crippen LogP contribution in [0.3, 0.4) is 0 Å². The van der Waals surface area contributed by atoms with Gasteiger partial charge in [-0.25, -0.2) is 0 Å². The van der Waals surface area contributed by atoms with Gasteiger partial charge in [-0.3, -0.25) is 9.59 Å². The van der Waals surface area contributed by atoms with Gasteiger partial charge in [0.15, 0.2) is 0 Å². The molecule has 6 nitrogen and oxygen atoms in total. The first-order valence-corrected chi connectivity index (χ1v) is 23.7. The van der Waals surface area contributed by atoms with Crippen molar-refractivity contribution in [2.45, 2.75) is 151 Å². The van der Waals surface area contributed by atoms with E-state index in [9.17, 15) is 9.90 Å². The molecule has 10 rings (SSSR count). The summed E-state index contributed by atoms with van der Waals surface area (Å²) in [5.41, 5.74) is 13.3. The molecular formula is C55H72K2O6. The zero-order valence-corrected chi connectivity index (χ0v) is 46.3. The number of aliphatic hydroxyl groups is 1. The molecule has 0 unspecified atom stereocenters. The predicted molar refractivity (Wildman–Crippen MR) is 242 cm³/mol. The van der Waals surface area contributed by atoms with Crippen molar-refractivity contribution < 1.29 is 134 Å². The molecule has 0 aliphatic heterocycles. The van der Waals surface area contributed by atoms with Crippen LogP contribution in [0.2, 0.25) is 0 Å². The quantitative estimate of drug-likeness (QED) is 0.105. The topological polar surface area (TPSA) is 95.9 Å². The Bertz CT molecular complexity index is 2130. The molecule has 8 heteroatoms. The average Bonchev–Trinajstić information content (AvgIpc) is 3.78. The van der Waals surface area contributed by atoms with Crippen molar-refractivity contribution in [2.24, 2.45) is 57.2 Å². The van der Waals surface area contributed by atoms with Gasteiger partial charge in [-0.05, 0) is 177 Å². The second-order valence-electron chi connectivity index (χ2n) is 21.4. The first-order valence-electron chi connectivity index (χ1n) is 23.7. The summed E-state index contributed by atoms with van der Waals surface area (Å²) >= 11 is 0. The molecule has 12 atom stereocenters. The molecule has 8 aliphatic carbocycles. The molecule has 4 saturated carbocycles. The van der Waals surface area contributed by atoms with E-state index >= 15 is 0 Å². The van der Waals surface area contributed by atoms with Gasteiger partial charge in [-0.1, -0.05) is 123 Å². The molecule has 4 fully saturated rings. The van der Waals surface area contributed by atoms with Crippen LogP contribution >= 0.6 is 0 Å². The predicted octanol–water partition coefficient (Wildman–Crippen LogP) is 5.75. The Labute approximate surface area is 465 Å². The molecule has 0 radical (unpaired) electrons. The van der Waals surface area contributed by atoms with Crippen LogP contribution in [0.5, 0.6) is 0 Å².